The standard InChI is InChI=1S/C14H12N2O2/c17-13-7-3-1-5-11(13)15-9-10-16-12-6-2-4-8-14(12)18/h1-10,17-18H. The molecule has 4 heteroatoms. The third kappa shape index (κ3) is 2.95. The van der Waals surface area contributed by atoms with Gasteiger partial charge in [-0.05, 0) is 24.3 Å². The van der Waals surface area contributed by atoms with Crippen molar-refractivity contribution in [2.24, 2.45) is 9.98 Å². The second-order valence-electron chi connectivity index (χ2n) is 3.53. The van der Waals surface area contributed by atoms with E-state index in [4.69, 9.17) is 0 Å². The van der Waals surface area contributed by atoms with Crippen LogP contribution in [0.25, 0.3) is 0 Å². The average Bonchev–Trinajstić information content (AvgIpc) is 2.38. The predicted molar refractivity (Wildman–Crippen MR) is 72.5 cm³/mol. The Morgan fingerprint density at radius 2 is 1.06 bits per heavy atom. The summed E-state index contributed by atoms with van der Waals surface area (Å²) in [5.74, 6) is 0.231. The molecule has 0 fully saturated rings. The SMILES string of the molecule is Oc1ccccc1N=CC=Nc1ccccc1O. The van der Waals surface area contributed by atoms with Gasteiger partial charge in [0.05, 0.1) is 0 Å². The maximum Gasteiger partial charge on any atom is 0.141 e. The van der Waals surface area contributed by atoms with E-state index >= 15 is 0 Å². The van der Waals surface area contributed by atoms with Crippen LogP contribution in [-0.2, 0) is 0 Å². The van der Waals surface area contributed by atoms with Gasteiger partial charge < -0.3 is 10.2 Å². The smallest absolute Gasteiger partial charge is 0.141 e. The van der Waals surface area contributed by atoms with Crippen molar-refractivity contribution < 1.29 is 10.2 Å². The molecular formula is C14H12N2O2. The van der Waals surface area contributed by atoms with E-state index in [9.17, 15) is 10.2 Å². The van der Waals surface area contributed by atoms with Gasteiger partial charge in [0.1, 0.15) is 22.9 Å². The van der Waals surface area contributed by atoms with Gasteiger partial charge in [-0.25, -0.2) is 0 Å². The van der Waals surface area contributed by atoms with Gasteiger partial charge in [-0.1, -0.05) is 24.3 Å². The molecule has 0 atom stereocenters. The van der Waals surface area contributed by atoms with Gasteiger partial charge >= 0.3 is 0 Å². The summed E-state index contributed by atoms with van der Waals surface area (Å²) in [6, 6.07) is 13.5. The van der Waals surface area contributed by atoms with Crippen LogP contribution in [0, 0.1) is 0 Å². The molecule has 18 heavy (non-hydrogen) atoms. The van der Waals surface area contributed by atoms with Crippen molar-refractivity contribution in [2.75, 3.05) is 0 Å². The molecule has 0 bridgehead atoms. The van der Waals surface area contributed by atoms with E-state index in [0.717, 1.165) is 0 Å². The highest BCUT2D eigenvalue weighted by Crippen LogP contribution is 2.25. The summed E-state index contributed by atoms with van der Waals surface area (Å²) in [7, 11) is 0. The molecule has 0 amide bonds. The first-order valence-electron chi connectivity index (χ1n) is 5.40. The van der Waals surface area contributed by atoms with Crippen molar-refractivity contribution >= 4 is 23.8 Å². The minimum absolute atomic E-state index is 0.115. The molecule has 90 valence electrons. The largest absolute Gasteiger partial charge is 0.506 e. The Hall–Kier alpha value is -2.62. The van der Waals surface area contributed by atoms with Crippen molar-refractivity contribution in [1.82, 2.24) is 0 Å². The molecule has 0 radical (unpaired) electrons. The van der Waals surface area contributed by atoms with Crippen LogP contribution >= 0.6 is 0 Å². The summed E-state index contributed by atoms with van der Waals surface area (Å²) in [6.45, 7) is 0. The molecule has 0 spiro atoms. The monoisotopic (exact) mass is 240 g/mol. The molecule has 0 aliphatic heterocycles. The molecule has 0 aromatic heterocycles. The first-order chi connectivity index (χ1) is 8.77. The maximum atomic E-state index is 9.47. The minimum Gasteiger partial charge on any atom is -0.506 e. The third-order valence-electron chi connectivity index (χ3n) is 2.26. The molecule has 0 saturated carbocycles. The van der Waals surface area contributed by atoms with Gasteiger partial charge in [-0.3, -0.25) is 9.98 Å². The molecule has 2 aromatic rings. The Kier molecular flexibility index (Phi) is 3.71. The number of aromatic hydroxyl groups is 2. The zero-order valence-corrected chi connectivity index (χ0v) is 9.56. The highest BCUT2D eigenvalue weighted by molar-refractivity contribution is 6.17. The van der Waals surface area contributed by atoms with Crippen molar-refractivity contribution in [3.05, 3.63) is 48.5 Å². The van der Waals surface area contributed by atoms with E-state index in [-0.39, 0.29) is 11.5 Å². The number of rotatable bonds is 3. The Bertz CT molecular complexity index is 538. The molecule has 2 rings (SSSR count). The fourth-order valence-corrected chi connectivity index (χ4v) is 1.37. The second kappa shape index (κ2) is 5.63. The van der Waals surface area contributed by atoms with Gasteiger partial charge in [-0.2, -0.15) is 0 Å². The topological polar surface area (TPSA) is 65.2 Å². The van der Waals surface area contributed by atoms with Crippen LogP contribution in [0.4, 0.5) is 11.4 Å². The molecule has 0 aliphatic rings. The van der Waals surface area contributed by atoms with Gasteiger partial charge in [-0.15, -0.1) is 0 Å². The predicted octanol–water partition coefficient (Wildman–Crippen LogP) is 3.20. The third-order valence-corrected chi connectivity index (χ3v) is 2.26. The molecule has 2 aromatic carbocycles. The molecule has 0 heterocycles. The summed E-state index contributed by atoms with van der Waals surface area (Å²) in [5, 5.41) is 18.9. The highest BCUT2D eigenvalue weighted by atomic mass is 16.3. The summed E-state index contributed by atoms with van der Waals surface area (Å²) >= 11 is 0. The minimum atomic E-state index is 0.115. The van der Waals surface area contributed by atoms with E-state index in [1.807, 2.05) is 0 Å². The summed E-state index contributed by atoms with van der Waals surface area (Å²) in [6.07, 6.45) is 2.92. The van der Waals surface area contributed by atoms with Gasteiger partial charge in [0.25, 0.3) is 0 Å². The number of phenolic OH excluding ortho intramolecular Hbond substituents is 2. The quantitative estimate of drug-likeness (QED) is 0.809. The first kappa shape index (κ1) is 11.9. The lowest BCUT2D eigenvalue weighted by molar-refractivity contribution is 0.476. The van der Waals surface area contributed by atoms with Crippen LogP contribution in [0.5, 0.6) is 11.5 Å². The van der Waals surface area contributed by atoms with E-state index in [0.29, 0.717) is 11.4 Å². The van der Waals surface area contributed by atoms with E-state index < -0.39 is 0 Å². The van der Waals surface area contributed by atoms with Crippen LogP contribution in [0.3, 0.4) is 0 Å². The zero-order chi connectivity index (χ0) is 12.8. The maximum absolute atomic E-state index is 9.47. The average molecular weight is 240 g/mol. The highest BCUT2D eigenvalue weighted by Gasteiger charge is 1.95. The summed E-state index contributed by atoms with van der Waals surface area (Å²) in [4.78, 5) is 8.09. The van der Waals surface area contributed by atoms with Crippen molar-refractivity contribution in [1.29, 1.82) is 0 Å². The molecule has 4 nitrogen and oxygen atoms in total. The fourth-order valence-electron chi connectivity index (χ4n) is 1.37. The van der Waals surface area contributed by atoms with E-state index in [2.05, 4.69) is 9.98 Å². The number of hydrogen-bond donors (Lipinski definition) is 2. The Morgan fingerprint density at radius 1 is 0.667 bits per heavy atom. The Labute approximate surface area is 105 Å². The van der Waals surface area contributed by atoms with Crippen LogP contribution in [0.1, 0.15) is 0 Å². The molecule has 0 unspecified atom stereocenters. The van der Waals surface area contributed by atoms with Gasteiger partial charge in [0.2, 0.25) is 0 Å². The van der Waals surface area contributed by atoms with Crippen molar-refractivity contribution in [3.63, 3.8) is 0 Å². The van der Waals surface area contributed by atoms with E-state index in [1.54, 1.807) is 48.5 Å². The first-order valence-corrected chi connectivity index (χ1v) is 5.40. The molecule has 0 saturated heterocycles. The lowest BCUT2D eigenvalue weighted by Crippen LogP contribution is -1.76. The number of benzene rings is 2. The van der Waals surface area contributed by atoms with Crippen LogP contribution < -0.4 is 0 Å². The zero-order valence-electron chi connectivity index (χ0n) is 9.56. The Morgan fingerprint density at radius 3 is 1.44 bits per heavy atom. The van der Waals surface area contributed by atoms with E-state index in [1.165, 1.54) is 12.4 Å². The summed E-state index contributed by atoms with van der Waals surface area (Å²) < 4.78 is 0. The van der Waals surface area contributed by atoms with Crippen molar-refractivity contribution in [3.8, 4) is 11.5 Å². The lowest BCUT2D eigenvalue weighted by Gasteiger charge is -1.96. The van der Waals surface area contributed by atoms with Crippen molar-refractivity contribution in [2.45, 2.75) is 0 Å². The lowest BCUT2D eigenvalue weighted by atomic mass is 10.3. The Balaban J connectivity index is 2.08. The number of para-hydroxylation sites is 4. The number of aliphatic imine (C=N–C) groups is 2. The second-order valence-corrected chi connectivity index (χ2v) is 3.53. The van der Waals surface area contributed by atoms with Gasteiger partial charge in [0, 0.05) is 12.4 Å². The molecule has 2 N–H and O–H groups in total. The summed E-state index contributed by atoms with van der Waals surface area (Å²) in [5.41, 5.74) is 0.947. The normalized spacial score (nSPS) is 11.3. The van der Waals surface area contributed by atoms with Gasteiger partial charge in [0.15, 0.2) is 0 Å². The molecule has 0 aliphatic carbocycles. The van der Waals surface area contributed by atoms with Crippen LogP contribution in [0.2, 0.25) is 0 Å². The molecular weight excluding hydrogens is 228 g/mol. The fraction of sp³-hybridized carbons (Fsp3) is 0. The van der Waals surface area contributed by atoms with Crippen LogP contribution in [-0.4, -0.2) is 22.6 Å². The number of hydrogen-bond acceptors (Lipinski definition) is 4. The van der Waals surface area contributed by atoms with Crippen LogP contribution in [0.15, 0.2) is 58.5 Å². The number of phenols is 2. The number of nitrogens with zero attached hydrogens (tertiary/aromatic N) is 2.